The highest BCUT2D eigenvalue weighted by molar-refractivity contribution is 5.94. The Morgan fingerprint density at radius 1 is 1.07 bits per heavy atom. The second kappa shape index (κ2) is 9.52. The van der Waals surface area contributed by atoms with Crippen LogP contribution in [-0.2, 0) is 20.7 Å². The molecule has 2 aromatic carbocycles. The highest BCUT2D eigenvalue weighted by Crippen LogP contribution is 2.21. The van der Waals surface area contributed by atoms with E-state index >= 15 is 0 Å². The highest BCUT2D eigenvalue weighted by atomic mass is 16.5. The van der Waals surface area contributed by atoms with Gasteiger partial charge < -0.3 is 14.8 Å². The molecule has 0 fully saturated rings. The molecule has 2 aromatic rings. The molecule has 1 atom stereocenters. The Labute approximate surface area is 158 Å². The smallest absolute Gasteiger partial charge is 0.310 e. The lowest BCUT2D eigenvalue weighted by atomic mass is 10.0. The monoisotopic (exact) mass is 369 g/mol. The van der Waals surface area contributed by atoms with Gasteiger partial charge in [0.2, 0.25) is 0 Å². The molecule has 6 nitrogen and oxygen atoms in total. The third kappa shape index (κ3) is 5.95. The molecule has 0 spiro atoms. The van der Waals surface area contributed by atoms with E-state index in [0.29, 0.717) is 16.9 Å². The number of Topliss-reactive ketones (excluding diaryl/α,β-unsaturated/α-hetero) is 1. The Balaban J connectivity index is 1.89. The fourth-order valence-electron chi connectivity index (χ4n) is 2.60. The fraction of sp³-hybridized carbons (Fsp3) is 0.286. The SMILES string of the molecule is COc1ccc(C(C)=O)cc1CC(=O)OCC(=O)N[C@H](C)c1ccccc1. The van der Waals surface area contributed by atoms with Crippen LogP contribution in [0, 0.1) is 0 Å². The predicted molar refractivity (Wildman–Crippen MR) is 101 cm³/mol. The van der Waals surface area contributed by atoms with Gasteiger partial charge in [0.15, 0.2) is 12.4 Å². The summed E-state index contributed by atoms with van der Waals surface area (Å²) in [7, 11) is 1.48. The molecule has 0 aliphatic rings. The number of rotatable bonds is 8. The van der Waals surface area contributed by atoms with E-state index < -0.39 is 5.97 Å². The summed E-state index contributed by atoms with van der Waals surface area (Å²) in [5.41, 5.74) is 1.98. The molecule has 27 heavy (non-hydrogen) atoms. The van der Waals surface area contributed by atoms with Crippen LogP contribution in [0.5, 0.6) is 5.75 Å². The summed E-state index contributed by atoms with van der Waals surface area (Å²) in [6.07, 6.45) is -0.0915. The number of amides is 1. The van der Waals surface area contributed by atoms with Gasteiger partial charge in [-0.3, -0.25) is 14.4 Å². The van der Waals surface area contributed by atoms with Gasteiger partial charge in [-0.1, -0.05) is 30.3 Å². The molecule has 0 aromatic heterocycles. The molecule has 6 heteroatoms. The minimum Gasteiger partial charge on any atom is -0.496 e. The molecule has 1 amide bonds. The summed E-state index contributed by atoms with van der Waals surface area (Å²) >= 11 is 0. The van der Waals surface area contributed by atoms with Crippen LogP contribution < -0.4 is 10.1 Å². The largest absolute Gasteiger partial charge is 0.496 e. The number of hydrogen-bond acceptors (Lipinski definition) is 5. The van der Waals surface area contributed by atoms with Crippen molar-refractivity contribution in [3.8, 4) is 5.75 Å². The summed E-state index contributed by atoms with van der Waals surface area (Å²) in [5.74, 6) is -0.582. The third-order valence-electron chi connectivity index (χ3n) is 4.06. The van der Waals surface area contributed by atoms with Gasteiger partial charge in [0, 0.05) is 11.1 Å². The van der Waals surface area contributed by atoms with Crippen molar-refractivity contribution in [2.24, 2.45) is 0 Å². The molecular formula is C21H23NO5. The van der Waals surface area contributed by atoms with Crippen molar-refractivity contribution in [1.82, 2.24) is 5.32 Å². The molecule has 2 rings (SSSR count). The van der Waals surface area contributed by atoms with E-state index in [0.717, 1.165) is 5.56 Å². The Bertz CT molecular complexity index is 817. The molecule has 1 N–H and O–H groups in total. The zero-order valence-electron chi connectivity index (χ0n) is 15.7. The lowest BCUT2D eigenvalue weighted by Gasteiger charge is -2.14. The van der Waals surface area contributed by atoms with Crippen molar-refractivity contribution >= 4 is 17.7 Å². The van der Waals surface area contributed by atoms with Crippen molar-refractivity contribution in [3.63, 3.8) is 0 Å². The number of esters is 1. The van der Waals surface area contributed by atoms with Crippen LogP contribution in [0.15, 0.2) is 48.5 Å². The van der Waals surface area contributed by atoms with Crippen molar-refractivity contribution < 1.29 is 23.9 Å². The lowest BCUT2D eigenvalue weighted by Crippen LogP contribution is -2.31. The van der Waals surface area contributed by atoms with Crippen molar-refractivity contribution in [3.05, 3.63) is 65.2 Å². The van der Waals surface area contributed by atoms with Gasteiger partial charge in [0.1, 0.15) is 5.75 Å². The number of ether oxygens (including phenoxy) is 2. The minimum atomic E-state index is -0.573. The van der Waals surface area contributed by atoms with Crippen LogP contribution in [-0.4, -0.2) is 31.4 Å². The topological polar surface area (TPSA) is 81.7 Å². The van der Waals surface area contributed by atoms with Crippen molar-refractivity contribution in [1.29, 1.82) is 0 Å². The van der Waals surface area contributed by atoms with Crippen LogP contribution in [0.3, 0.4) is 0 Å². The van der Waals surface area contributed by atoms with Gasteiger partial charge in [-0.25, -0.2) is 0 Å². The highest BCUT2D eigenvalue weighted by Gasteiger charge is 2.15. The molecule has 0 heterocycles. The maximum absolute atomic E-state index is 12.1. The average molecular weight is 369 g/mol. The predicted octanol–water partition coefficient (Wildman–Crippen LogP) is 2.86. The maximum Gasteiger partial charge on any atom is 0.310 e. The van der Waals surface area contributed by atoms with Crippen LogP contribution in [0.4, 0.5) is 0 Å². The standard InChI is InChI=1S/C21H23NO5/c1-14(16-7-5-4-6-8-16)22-20(24)13-27-21(25)12-18-11-17(15(2)23)9-10-19(18)26-3/h4-11,14H,12-13H2,1-3H3,(H,22,24)/t14-/m1/s1. The summed E-state index contributed by atoms with van der Waals surface area (Å²) < 4.78 is 10.3. The zero-order valence-corrected chi connectivity index (χ0v) is 15.7. The van der Waals surface area contributed by atoms with E-state index in [2.05, 4.69) is 5.32 Å². The van der Waals surface area contributed by atoms with Gasteiger partial charge >= 0.3 is 5.97 Å². The van der Waals surface area contributed by atoms with Crippen LogP contribution >= 0.6 is 0 Å². The van der Waals surface area contributed by atoms with Gasteiger partial charge in [-0.05, 0) is 37.6 Å². The number of methoxy groups -OCH3 is 1. The van der Waals surface area contributed by atoms with Crippen molar-refractivity contribution in [2.45, 2.75) is 26.3 Å². The second-order valence-corrected chi connectivity index (χ2v) is 6.12. The third-order valence-corrected chi connectivity index (χ3v) is 4.06. The lowest BCUT2D eigenvalue weighted by molar-refractivity contribution is -0.148. The molecule has 0 bridgehead atoms. The van der Waals surface area contributed by atoms with E-state index in [9.17, 15) is 14.4 Å². The van der Waals surface area contributed by atoms with Gasteiger partial charge in [0.05, 0.1) is 19.6 Å². The summed E-state index contributed by atoms with van der Waals surface area (Å²) in [6.45, 7) is 2.93. The molecule has 0 saturated carbocycles. The molecule has 0 radical (unpaired) electrons. The first-order valence-electron chi connectivity index (χ1n) is 8.58. The first-order chi connectivity index (χ1) is 12.9. The Kier molecular flexibility index (Phi) is 7.11. The van der Waals surface area contributed by atoms with Crippen molar-refractivity contribution in [2.75, 3.05) is 13.7 Å². The van der Waals surface area contributed by atoms with E-state index in [1.54, 1.807) is 18.2 Å². The molecule has 0 aliphatic carbocycles. The number of benzene rings is 2. The van der Waals surface area contributed by atoms with Crippen LogP contribution in [0.2, 0.25) is 0 Å². The average Bonchev–Trinajstić information content (AvgIpc) is 2.67. The number of hydrogen-bond donors (Lipinski definition) is 1. The normalized spacial score (nSPS) is 11.4. The molecule has 0 saturated heterocycles. The summed E-state index contributed by atoms with van der Waals surface area (Å²) in [6, 6.07) is 14.2. The van der Waals surface area contributed by atoms with Gasteiger partial charge in [-0.2, -0.15) is 0 Å². The Morgan fingerprint density at radius 2 is 1.78 bits per heavy atom. The van der Waals surface area contributed by atoms with E-state index in [-0.39, 0.29) is 30.8 Å². The molecule has 0 aliphatic heterocycles. The zero-order chi connectivity index (χ0) is 19.8. The molecule has 142 valence electrons. The van der Waals surface area contributed by atoms with E-state index in [4.69, 9.17) is 9.47 Å². The van der Waals surface area contributed by atoms with E-state index in [1.807, 2.05) is 37.3 Å². The fourth-order valence-corrected chi connectivity index (χ4v) is 2.60. The number of nitrogens with one attached hydrogen (secondary N) is 1. The Hall–Kier alpha value is -3.15. The Morgan fingerprint density at radius 3 is 2.41 bits per heavy atom. The minimum absolute atomic E-state index is 0.0915. The van der Waals surface area contributed by atoms with E-state index in [1.165, 1.54) is 14.0 Å². The summed E-state index contributed by atoms with van der Waals surface area (Å²) in [4.78, 5) is 35.6. The summed E-state index contributed by atoms with van der Waals surface area (Å²) in [5, 5.41) is 2.78. The molecule has 0 unspecified atom stereocenters. The second-order valence-electron chi connectivity index (χ2n) is 6.12. The van der Waals surface area contributed by atoms with Gasteiger partial charge in [0.25, 0.3) is 5.91 Å². The van der Waals surface area contributed by atoms with Crippen LogP contribution in [0.1, 0.15) is 41.4 Å². The number of carbonyl (C=O) groups excluding carboxylic acids is 3. The quantitative estimate of drug-likeness (QED) is 0.572. The number of ketones is 1. The first kappa shape index (κ1) is 20.2. The van der Waals surface area contributed by atoms with Crippen LogP contribution in [0.25, 0.3) is 0 Å². The first-order valence-corrected chi connectivity index (χ1v) is 8.58. The maximum atomic E-state index is 12.1. The number of carbonyl (C=O) groups is 3. The molecular weight excluding hydrogens is 346 g/mol. The van der Waals surface area contributed by atoms with Gasteiger partial charge in [-0.15, -0.1) is 0 Å².